The molecule has 2 aromatic rings. The summed E-state index contributed by atoms with van der Waals surface area (Å²) in [7, 11) is 0. The van der Waals surface area contributed by atoms with E-state index in [2.05, 4.69) is 30.9 Å². The van der Waals surface area contributed by atoms with Crippen molar-refractivity contribution in [1.29, 1.82) is 0 Å². The molecule has 1 aliphatic heterocycles. The van der Waals surface area contributed by atoms with E-state index in [1.54, 1.807) is 0 Å². The molecule has 21 heavy (non-hydrogen) atoms. The maximum Gasteiger partial charge on any atom is 0.114 e. The molecule has 1 aromatic heterocycles. The number of hydrogen-bond donors (Lipinski definition) is 0. The van der Waals surface area contributed by atoms with Gasteiger partial charge in [-0.2, -0.15) is 0 Å². The van der Waals surface area contributed by atoms with Gasteiger partial charge in [-0.1, -0.05) is 0 Å². The largest absolute Gasteiger partial charge is 0.468 e. The van der Waals surface area contributed by atoms with Gasteiger partial charge >= 0.3 is 0 Å². The summed E-state index contributed by atoms with van der Waals surface area (Å²) in [4.78, 5) is 2.66. The molecule has 0 radical (unpaired) electrons. The van der Waals surface area contributed by atoms with Gasteiger partial charge in [0.2, 0.25) is 0 Å². The first kappa shape index (κ1) is 13.4. The van der Waals surface area contributed by atoms with Crippen LogP contribution in [0.2, 0.25) is 0 Å². The normalized spacial score (nSPS) is 21.2. The first-order valence-electron chi connectivity index (χ1n) is 8.41. The monoisotopic (exact) mass is 283 g/mol. The van der Waals surface area contributed by atoms with Gasteiger partial charge in [0.05, 0.1) is 6.26 Å². The second kappa shape index (κ2) is 5.17. The van der Waals surface area contributed by atoms with E-state index in [4.69, 9.17) is 4.42 Å². The van der Waals surface area contributed by atoms with E-state index in [-0.39, 0.29) is 0 Å². The van der Waals surface area contributed by atoms with E-state index in [1.165, 1.54) is 73.0 Å². The fraction of sp³-hybridized carbons (Fsp3) is 0.579. The molecular formula is C19H25NO. The molecule has 0 atom stereocenters. The van der Waals surface area contributed by atoms with Crippen LogP contribution in [0.25, 0.3) is 10.8 Å². The minimum Gasteiger partial charge on any atom is -0.468 e. The smallest absolute Gasteiger partial charge is 0.114 e. The fourth-order valence-corrected chi connectivity index (χ4v) is 3.70. The zero-order valence-corrected chi connectivity index (χ0v) is 13.2. The predicted molar refractivity (Wildman–Crippen MR) is 86.8 cm³/mol. The fourth-order valence-electron chi connectivity index (χ4n) is 3.70. The van der Waals surface area contributed by atoms with Crippen LogP contribution in [0.15, 0.2) is 22.8 Å². The summed E-state index contributed by atoms with van der Waals surface area (Å²) in [5.41, 5.74) is 2.73. The Kier molecular flexibility index (Phi) is 3.30. The molecule has 2 aliphatic rings. The van der Waals surface area contributed by atoms with Crippen LogP contribution in [0.5, 0.6) is 0 Å². The summed E-state index contributed by atoms with van der Waals surface area (Å²) in [6.45, 7) is 8.20. The second-order valence-corrected chi connectivity index (χ2v) is 7.14. The minimum atomic E-state index is 0.611. The third-order valence-electron chi connectivity index (χ3n) is 5.42. The highest BCUT2D eigenvalue weighted by atomic mass is 16.3. The molecule has 1 aromatic carbocycles. The summed E-state index contributed by atoms with van der Waals surface area (Å²) in [5.74, 6) is 2.86. The average molecular weight is 283 g/mol. The maximum atomic E-state index is 5.97. The maximum absolute atomic E-state index is 5.97. The lowest BCUT2D eigenvalue weighted by Gasteiger charge is -2.31. The zero-order chi connectivity index (χ0) is 14.4. The quantitative estimate of drug-likeness (QED) is 0.816. The standard InChI is InChI=1S/C19H25NO/c1-13-9-17-12-21-19(18(17)10-14(13)2)16-5-7-20(8-6-16)11-15-3-4-15/h9-10,12,15-16H,3-8,11H2,1-2H3. The highest BCUT2D eigenvalue weighted by molar-refractivity contribution is 5.86. The van der Waals surface area contributed by atoms with Crippen molar-refractivity contribution in [2.75, 3.05) is 19.6 Å². The van der Waals surface area contributed by atoms with Crippen LogP contribution in [-0.4, -0.2) is 24.5 Å². The number of rotatable bonds is 3. The Bertz CT molecular complexity index is 645. The number of nitrogens with zero attached hydrogens (tertiary/aromatic N) is 1. The molecule has 4 rings (SSSR count). The molecule has 2 fully saturated rings. The van der Waals surface area contributed by atoms with E-state index in [0.29, 0.717) is 5.92 Å². The summed E-state index contributed by atoms with van der Waals surface area (Å²) in [6, 6.07) is 4.58. The molecule has 1 saturated carbocycles. The highest BCUT2D eigenvalue weighted by Gasteiger charge is 2.29. The molecule has 0 unspecified atom stereocenters. The number of furan rings is 1. The van der Waals surface area contributed by atoms with Gasteiger partial charge in [0.15, 0.2) is 0 Å². The summed E-state index contributed by atoms with van der Waals surface area (Å²) in [5, 5.41) is 2.62. The van der Waals surface area contributed by atoms with E-state index in [1.807, 2.05) is 6.26 Å². The van der Waals surface area contributed by atoms with Gasteiger partial charge in [0, 0.05) is 23.2 Å². The molecule has 1 aliphatic carbocycles. The van der Waals surface area contributed by atoms with Gasteiger partial charge in [0.1, 0.15) is 5.76 Å². The number of likely N-dealkylation sites (tertiary alicyclic amines) is 1. The Morgan fingerprint density at radius 1 is 1.05 bits per heavy atom. The summed E-state index contributed by atoms with van der Waals surface area (Å²) in [6.07, 6.45) is 7.38. The molecule has 0 spiro atoms. The highest BCUT2D eigenvalue weighted by Crippen LogP contribution is 2.37. The van der Waals surface area contributed by atoms with Crippen molar-refractivity contribution in [1.82, 2.24) is 4.90 Å². The van der Waals surface area contributed by atoms with Gasteiger partial charge in [-0.25, -0.2) is 0 Å². The Morgan fingerprint density at radius 2 is 1.76 bits per heavy atom. The van der Waals surface area contributed by atoms with E-state index >= 15 is 0 Å². The number of piperidine rings is 1. The van der Waals surface area contributed by atoms with E-state index in [0.717, 1.165) is 5.92 Å². The molecular weight excluding hydrogens is 258 g/mol. The molecule has 112 valence electrons. The predicted octanol–water partition coefficient (Wildman–Crippen LogP) is 4.64. The molecule has 1 saturated heterocycles. The van der Waals surface area contributed by atoms with Gasteiger partial charge in [-0.15, -0.1) is 0 Å². The summed E-state index contributed by atoms with van der Waals surface area (Å²) < 4.78 is 5.97. The first-order valence-corrected chi connectivity index (χ1v) is 8.41. The lowest BCUT2D eigenvalue weighted by atomic mass is 9.91. The van der Waals surface area contributed by atoms with E-state index in [9.17, 15) is 0 Å². The van der Waals surface area contributed by atoms with Crippen LogP contribution in [-0.2, 0) is 0 Å². The average Bonchev–Trinajstić information content (AvgIpc) is 3.21. The Morgan fingerprint density at radius 3 is 2.48 bits per heavy atom. The third-order valence-corrected chi connectivity index (χ3v) is 5.42. The molecule has 0 amide bonds. The van der Waals surface area contributed by atoms with Gasteiger partial charge < -0.3 is 9.32 Å². The molecule has 2 nitrogen and oxygen atoms in total. The van der Waals surface area contributed by atoms with Crippen molar-refractivity contribution in [2.45, 2.75) is 45.4 Å². The molecule has 2 heteroatoms. The minimum absolute atomic E-state index is 0.611. The topological polar surface area (TPSA) is 16.4 Å². The lowest BCUT2D eigenvalue weighted by Crippen LogP contribution is -2.34. The third kappa shape index (κ3) is 2.62. The van der Waals surface area contributed by atoms with Crippen LogP contribution in [0, 0.1) is 19.8 Å². The van der Waals surface area contributed by atoms with Gasteiger partial charge in [-0.3, -0.25) is 0 Å². The zero-order valence-electron chi connectivity index (χ0n) is 13.2. The van der Waals surface area contributed by atoms with Crippen molar-refractivity contribution in [3.63, 3.8) is 0 Å². The first-order chi connectivity index (χ1) is 10.2. The number of benzene rings is 1. The summed E-state index contributed by atoms with van der Waals surface area (Å²) >= 11 is 0. The lowest BCUT2D eigenvalue weighted by molar-refractivity contribution is 0.196. The molecule has 0 bridgehead atoms. The van der Waals surface area contributed by atoms with Crippen LogP contribution >= 0.6 is 0 Å². The van der Waals surface area contributed by atoms with Crippen LogP contribution < -0.4 is 0 Å². The van der Waals surface area contributed by atoms with Crippen molar-refractivity contribution in [2.24, 2.45) is 5.92 Å². The number of hydrogen-bond acceptors (Lipinski definition) is 2. The Hall–Kier alpha value is -1.28. The Balaban J connectivity index is 1.52. The molecule has 2 heterocycles. The van der Waals surface area contributed by atoms with Gasteiger partial charge in [0.25, 0.3) is 0 Å². The van der Waals surface area contributed by atoms with Crippen molar-refractivity contribution in [3.8, 4) is 0 Å². The number of aryl methyl sites for hydroxylation is 2. The number of fused-ring (bicyclic) bond motifs is 1. The van der Waals surface area contributed by atoms with Crippen LogP contribution in [0.4, 0.5) is 0 Å². The second-order valence-electron chi connectivity index (χ2n) is 7.14. The Labute approximate surface area is 127 Å². The van der Waals surface area contributed by atoms with Crippen molar-refractivity contribution in [3.05, 3.63) is 35.3 Å². The molecule has 0 N–H and O–H groups in total. The van der Waals surface area contributed by atoms with Crippen molar-refractivity contribution < 1.29 is 4.42 Å². The van der Waals surface area contributed by atoms with Crippen LogP contribution in [0.3, 0.4) is 0 Å². The SMILES string of the molecule is Cc1cc2coc(C3CCN(CC4CC4)CC3)c2cc1C. The van der Waals surface area contributed by atoms with Crippen LogP contribution in [0.1, 0.15) is 48.5 Å². The van der Waals surface area contributed by atoms with E-state index < -0.39 is 0 Å². The van der Waals surface area contributed by atoms with Gasteiger partial charge in [-0.05, 0) is 81.8 Å². The van der Waals surface area contributed by atoms with Crippen molar-refractivity contribution >= 4 is 10.8 Å².